The zero-order chi connectivity index (χ0) is 17.9. The molecule has 1 aromatic heterocycles. The Kier molecular flexibility index (Phi) is 4.39. The summed E-state index contributed by atoms with van der Waals surface area (Å²) < 4.78 is 10.7. The van der Waals surface area contributed by atoms with Gasteiger partial charge in [0.1, 0.15) is 11.8 Å². The van der Waals surface area contributed by atoms with Crippen molar-refractivity contribution in [3.05, 3.63) is 66.1 Å². The standard InChI is InChI=1S/C20H19N3O3/c1-25-16-10-5-9-15(13-16)20(24)23-12-6-11-17(23)19-21-18(22-26-19)14-7-3-2-4-8-14/h2-5,7-10,13,17H,6,11-12H2,1H3/t17-/m0/s1. The van der Waals surface area contributed by atoms with Gasteiger partial charge in [0.2, 0.25) is 11.7 Å². The Morgan fingerprint density at radius 2 is 2.04 bits per heavy atom. The number of carbonyl (C=O) groups excluding carboxylic acids is 1. The molecule has 6 nitrogen and oxygen atoms in total. The van der Waals surface area contributed by atoms with Crippen LogP contribution in [0.5, 0.6) is 5.75 Å². The van der Waals surface area contributed by atoms with Crippen LogP contribution in [-0.4, -0.2) is 34.6 Å². The summed E-state index contributed by atoms with van der Waals surface area (Å²) in [6.45, 7) is 0.670. The van der Waals surface area contributed by atoms with E-state index < -0.39 is 0 Å². The summed E-state index contributed by atoms with van der Waals surface area (Å²) in [6.07, 6.45) is 1.72. The molecule has 132 valence electrons. The molecule has 0 aliphatic carbocycles. The molecule has 0 spiro atoms. The maximum atomic E-state index is 13.0. The van der Waals surface area contributed by atoms with Crippen molar-refractivity contribution in [1.29, 1.82) is 0 Å². The van der Waals surface area contributed by atoms with E-state index in [1.54, 1.807) is 24.1 Å². The number of methoxy groups -OCH3 is 1. The second-order valence-corrected chi connectivity index (χ2v) is 6.21. The number of nitrogens with zero attached hydrogens (tertiary/aromatic N) is 3. The van der Waals surface area contributed by atoms with Gasteiger partial charge in [0.05, 0.1) is 7.11 Å². The number of amides is 1. The summed E-state index contributed by atoms with van der Waals surface area (Å²) >= 11 is 0. The summed E-state index contributed by atoms with van der Waals surface area (Å²) in [7, 11) is 1.59. The molecule has 1 fully saturated rings. The van der Waals surface area contributed by atoms with Gasteiger partial charge in [-0.2, -0.15) is 4.98 Å². The number of rotatable bonds is 4. The first-order valence-corrected chi connectivity index (χ1v) is 8.60. The molecule has 6 heteroatoms. The number of hydrogen-bond acceptors (Lipinski definition) is 5. The van der Waals surface area contributed by atoms with E-state index in [0.29, 0.717) is 29.6 Å². The van der Waals surface area contributed by atoms with Crippen LogP contribution in [0.3, 0.4) is 0 Å². The van der Waals surface area contributed by atoms with Gasteiger partial charge in [0.25, 0.3) is 5.91 Å². The molecular formula is C20H19N3O3. The Hall–Kier alpha value is -3.15. The van der Waals surface area contributed by atoms with E-state index in [9.17, 15) is 4.79 Å². The maximum Gasteiger partial charge on any atom is 0.254 e. The lowest BCUT2D eigenvalue weighted by Crippen LogP contribution is -2.30. The van der Waals surface area contributed by atoms with Crippen molar-refractivity contribution in [2.45, 2.75) is 18.9 Å². The third-order valence-electron chi connectivity index (χ3n) is 4.59. The molecule has 1 aliphatic rings. The van der Waals surface area contributed by atoms with Gasteiger partial charge in [-0.3, -0.25) is 4.79 Å². The molecule has 1 atom stereocenters. The van der Waals surface area contributed by atoms with E-state index in [4.69, 9.17) is 9.26 Å². The first kappa shape index (κ1) is 16.3. The molecule has 4 rings (SSSR count). The zero-order valence-electron chi connectivity index (χ0n) is 14.5. The summed E-state index contributed by atoms with van der Waals surface area (Å²) in [6, 6.07) is 16.7. The number of benzene rings is 2. The van der Waals surface area contributed by atoms with Gasteiger partial charge < -0.3 is 14.2 Å². The largest absolute Gasteiger partial charge is 0.497 e. The smallest absolute Gasteiger partial charge is 0.254 e. The summed E-state index contributed by atoms with van der Waals surface area (Å²) in [5.41, 5.74) is 1.49. The predicted molar refractivity (Wildman–Crippen MR) is 95.7 cm³/mol. The third-order valence-corrected chi connectivity index (χ3v) is 4.59. The number of ether oxygens (including phenoxy) is 1. The van der Waals surface area contributed by atoms with Crippen LogP contribution in [0, 0.1) is 0 Å². The molecule has 1 saturated heterocycles. The van der Waals surface area contributed by atoms with Crippen LogP contribution in [0.1, 0.15) is 35.1 Å². The van der Waals surface area contributed by atoms with Crippen LogP contribution >= 0.6 is 0 Å². The van der Waals surface area contributed by atoms with Crippen molar-refractivity contribution in [2.75, 3.05) is 13.7 Å². The summed E-state index contributed by atoms with van der Waals surface area (Å²) in [5.74, 6) is 1.64. The van der Waals surface area contributed by atoms with E-state index in [1.165, 1.54) is 0 Å². The van der Waals surface area contributed by atoms with Gasteiger partial charge >= 0.3 is 0 Å². The molecule has 0 saturated carbocycles. The van der Waals surface area contributed by atoms with E-state index in [2.05, 4.69) is 10.1 Å². The number of aromatic nitrogens is 2. The molecule has 0 bridgehead atoms. The first-order chi connectivity index (χ1) is 12.8. The highest BCUT2D eigenvalue weighted by molar-refractivity contribution is 5.95. The van der Waals surface area contributed by atoms with Gasteiger partial charge in [-0.1, -0.05) is 41.6 Å². The van der Waals surface area contributed by atoms with Crippen LogP contribution in [0.2, 0.25) is 0 Å². The Labute approximate surface area is 151 Å². The molecule has 2 aromatic carbocycles. The van der Waals surface area contributed by atoms with Crippen LogP contribution in [0.15, 0.2) is 59.1 Å². The molecule has 0 N–H and O–H groups in total. The molecule has 26 heavy (non-hydrogen) atoms. The fourth-order valence-corrected chi connectivity index (χ4v) is 3.26. The molecule has 2 heterocycles. The quantitative estimate of drug-likeness (QED) is 0.718. The van der Waals surface area contributed by atoms with Crippen molar-refractivity contribution in [1.82, 2.24) is 15.0 Å². The van der Waals surface area contributed by atoms with Gasteiger partial charge in [-0.05, 0) is 31.0 Å². The van der Waals surface area contributed by atoms with E-state index in [0.717, 1.165) is 18.4 Å². The van der Waals surface area contributed by atoms with Crippen molar-refractivity contribution >= 4 is 5.91 Å². The first-order valence-electron chi connectivity index (χ1n) is 8.60. The van der Waals surface area contributed by atoms with E-state index >= 15 is 0 Å². The Balaban J connectivity index is 1.59. The second-order valence-electron chi connectivity index (χ2n) is 6.21. The van der Waals surface area contributed by atoms with Crippen LogP contribution in [0.4, 0.5) is 0 Å². The maximum absolute atomic E-state index is 13.0. The predicted octanol–water partition coefficient (Wildman–Crippen LogP) is 3.72. The molecule has 3 aromatic rings. The number of hydrogen-bond donors (Lipinski definition) is 0. The monoisotopic (exact) mass is 349 g/mol. The lowest BCUT2D eigenvalue weighted by molar-refractivity contribution is 0.0709. The highest BCUT2D eigenvalue weighted by atomic mass is 16.5. The van der Waals surface area contributed by atoms with Crippen molar-refractivity contribution in [3.8, 4) is 17.1 Å². The highest BCUT2D eigenvalue weighted by Crippen LogP contribution is 2.33. The fourth-order valence-electron chi connectivity index (χ4n) is 3.26. The van der Waals surface area contributed by atoms with E-state index in [-0.39, 0.29) is 11.9 Å². The molecule has 0 radical (unpaired) electrons. The lowest BCUT2D eigenvalue weighted by Gasteiger charge is -2.22. The third kappa shape index (κ3) is 3.06. The average Bonchev–Trinajstić information content (AvgIpc) is 3.37. The van der Waals surface area contributed by atoms with E-state index in [1.807, 2.05) is 42.5 Å². The molecule has 1 aliphatic heterocycles. The van der Waals surface area contributed by atoms with Gasteiger partial charge in [-0.25, -0.2) is 0 Å². The average molecular weight is 349 g/mol. The summed E-state index contributed by atoms with van der Waals surface area (Å²) in [5, 5.41) is 4.08. The normalized spacial score (nSPS) is 16.7. The number of likely N-dealkylation sites (tertiary alicyclic amines) is 1. The van der Waals surface area contributed by atoms with Crippen LogP contribution in [-0.2, 0) is 0 Å². The van der Waals surface area contributed by atoms with Crippen molar-refractivity contribution < 1.29 is 14.1 Å². The highest BCUT2D eigenvalue weighted by Gasteiger charge is 2.34. The zero-order valence-corrected chi connectivity index (χ0v) is 14.5. The lowest BCUT2D eigenvalue weighted by atomic mass is 10.1. The minimum atomic E-state index is -0.196. The van der Waals surface area contributed by atoms with Gasteiger partial charge in [-0.15, -0.1) is 0 Å². The topological polar surface area (TPSA) is 68.5 Å². The van der Waals surface area contributed by atoms with Crippen molar-refractivity contribution in [2.24, 2.45) is 0 Å². The van der Waals surface area contributed by atoms with Crippen molar-refractivity contribution in [3.63, 3.8) is 0 Å². The minimum Gasteiger partial charge on any atom is -0.497 e. The van der Waals surface area contributed by atoms with Crippen LogP contribution in [0.25, 0.3) is 11.4 Å². The Morgan fingerprint density at radius 3 is 2.85 bits per heavy atom. The Morgan fingerprint density at radius 1 is 1.19 bits per heavy atom. The Bertz CT molecular complexity index is 907. The molecular weight excluding hydrogens is 330 g/mol. The number of carbonyl (C=O) groups is 1. The fraction of sp³-hybridized carbons (Fsp3) is 0.250. The van der Waals surface area contributed by atoms with Gasteiger partial charge in [0.15, 0.2) is 0 Å². The molecule has 1 amide bonds. The van der Waals surface area contributed by atoms with Gasteiger partial charge in [0, 0.05) is 17.7 Å². The SMILES string of the molecule is COc1cccc(C(=O)N2CCC[C@H]2c2nc(-c3ccccc3)no2)c1. The second kappa shape index (κ2) is 7.00. The molecule has 0 unspecified atom stereocenters. The van der Waals surface area contributed by atoms with Crippen LogP contribution < -0.4 is 4.74 Å². The minimum absolute atomic E-state index is 0.0501. The summed E-state index contributed by atoms with van der Waals surface area (Å²) in [4.78, 5) is 19.3.